The number of carboxylic acid groups (broad SMARTS) is 1. The minimum Gasteiger partial charge on any atom is -0.480 e. The third-order valence-corrected chi connectivity index (χ3v) is 5.58. The van der Waals surface area contributed by atoms with Gasteiger partial charge in [0, 0.05) is 19.2 Å². The van der Waals surface area contributed by atoms with E-state index in [-0.39, 0.29) is 13.0 Å². The minimum absolute atomic E-state index is 0.0701. The Hall–Kier alpha value is -2.94. The molecule has 1 fully saturated rings. The molecule has 9 heteroatoms. The summed E-state index contributed by atoms with van der Waals surface area (Å²) in [6, 6.07) is 10.8. The van der Waals surface area contributed by atoms with Crippen molar-refractivity contribution in [2.24, 2.45) is 0 Å². The van der Waals surface area contributed by atoms with E-state index >= 15 is 0 Å². The number of ether oxygens (including phenoxy) is 1. The summed E-state index contributed by atoms with van der Waals surface area (Å²) in [5.74, 6) is -1.66. The first-order valence-electron chi connectivity index (χ1n) is 9.55. The molecular formula is C21H22BrN3O5. The molecule has 8 nitrogen and oxygen atoms in total. The molecule has 3 rings (SSSR count). The second-order valence-corrected chi connectivity index (χ2v) is 7.70. The maximum atomic E-state index is 12.8. The summed E-state index contributed by atoms with van der Waals surface area (Å²) in [5.41, 5.74) is 1.51. The fourth-order valence-corrected chi connectivity index (χ4v) is 3.73. The van der Waals surface area contributed by atoms with Crippen LogP contribution in [0.5, 0.6) is 0 Å². The fraction of sp³-hybridized carbons (Fsp3) is 0.333. The van der Waals surface area contributed by atoms with E-state index in [0.717, 1.165) is 5.56 Å². The van der Waals surface area contributed by atoms with Crippen LogP contribution in [0.15, 0.2) is 53.3 Å². The lowest BCUT2D eigenvalue weighted by Crippen LogP contribution is -2.51. The van der Waals surface area contributed by atoms with Crippen LogP contribution < -0.4 is 5.32 Å². The van der Waals surface area contributed by atoms with E-state index in [1.807, 2.05) is 30.3 Å². The molecule has 2 N–H and O–H groups in total. The van der Waals surface area contributed by atoms with Crippen molar-refractivity contribution in [3.05, 3.63) is 64.4 Å². The molecule has 1 aliphatic rings. The van der Waals surface area contributed by atoms with E-state index in [4.69, 9.17) is 4.74 Å². The second kappa shape index (κ2) is 10.2. The molecule has 0 radical (unpaired) electrons. The third kappa shape index (κ3) is 5.56. The van der Waals surface area contributed by atoms with Crippen molar-refractivity contribution in [1.82, 2.24) is 15.2 Å². The fourth-order valence-electron chi connectivity index (χ4n) is 3.32. The topological polar surface area (TPSA) is 109 Å². The maximum absolute atomic E-state index is 12.8. The van der Waals surface area contributed by atoms with Crippen LogP contribution >= 0.6 is 15.9 Å². The van der Waals surface area contributed by atoms with Gasteiger partial charge in [-0.1, -0.05) is 36.4 Å². The number of amides is 2. The summed E-state index contributed by atoms with van der Waals surface area (Å²) in [5, 5.41) is 12.1. The van der Waals surface area contributed by atoms with Crippen molar-refractivity contribution in [1.29, 1.82) is 0 Å². The largest absolute Gasteiger partial charge is 0.480 e. The lowest BCUT2D eigenvalue weighted by atomic mass is 10.1. The van der Waals surface area contributed by atoms with Gasteiger partial charge in [-0.25, -0.2) is 14.6 Å². The summed E-state index contributed by atoms with van der Waals surface area (Å²) in [7, 11) is 0. The average Bonchev–Trinajstić information content (AvgIpc) is 3.24. The van der Waals surface area contributed by atoms with Gasteiger partial charge in [-0.2, -0.15) is 0 Å². The third-order valence-electron chi connectivity index (χ3n) is 4.87. The minimum atomic E-state index is -1.16. The molecule has 2 aromatic rings. The average molecular weight is 476 g/mol. The van der Waals surface area contributed by atoms with Gasteiger partial charge in [0.1, 0.15) is 23.3 Å². The second-order valence-electron chi connectivity index (χ2n) is 6.95. The predicted molar refractivity (Wildman–Crippen MR) is 112 cm³/mol. The molecule has 0 bridgehead atoms. The summed E-state index contributed by atoms with van der Waals surface area (Å²) in [6.07, 6.45) is 2.16. The highest BCUT2D eigenvalue weighted by atomic mass is 79.9. The summed E-state index contributed by atoms with van der Waals surface area (Å²) < 4.78 is 5.86. The number of carboxylic acids is 1. The number of hydrogen-bond acceptors (Lipinski definition) is 5. The molecule has 0 spiro atoms. The van der Waals surface area contributed by atoms with Crippen LogP contribution in [-0.4, -0.2) is 51.6 Å². The number of aliphatic carboxylic acids is 1. The number of likely N-dealkylation sites (tertiary alicyclic amines) is 1. The number of hydrogen-bond donors (Lipinski definition) is 2. The van der Waals surface area contributed by atoms with Crippen LogP contribution in [0.4, 0.5) is 4.79 Å². The molecule has 0 unspecified atom stereocenters. The Balaban J connectivity index is 1.61. The maximum Gasteiger partial charge on any atom is 0.410 e. The van der Waals surface area contributed by atoms with Gasteiger partial charge >= 0.3 is 12.1 Å². The van der Waals surface area contributed by atoms with Gasteiger partial charge in [-0.15, -0.1) is 0 Å². The molecule has 1 saturated heterocycles. The lowest BCUT2D eigenvalue weighted by molar-refractivity contribution is -0.142. The lowest BCUT2D eigenvalue weighted by Gasteiger charge is -2.25. The van der Waals surface area contributed by atoms with Crippen LogP contribution in [0.25, 0.3) is 0 Å². The van der Waals surface area contributed by atoms with Gasteiger partial charge in [-0.3, -0.25) is 9.69 Å². The van der Waals surface area contributed by atoms with E-state index in [9.17, 15) is 19.5 Å². The molecule has 0 saturated carbocycles. The van der Waals surface area contributed by atoms with Crippen molar-refractivity contribution < 1.29 is 24.2 Å². The van der Waals surface area contributed by atoms with E-state index in [1.54, 1.807) is 18.3 Å². The van der Waals surface area contributed by atoms with Crippen molar-refractivity contribution in [3.63, 3.8) is 0 Å². The van der Waals surface area contributed by atoms with Crippen LogP contribution in [-0.2, 0) is 27.4 Å². The van der Waals surface area contributed by atoms with Crippen molar-refractivity contribution in [3.8, 4) is 0 Å². The number of carbonyl (C=O) groups excluding carboxylic acids is 2. The zero-order valence-electron chi connectivity index (χ0n) is 16.2. The molecule has 2 amide bonds. The van der Waals surface area contributed by atoms with Gasteiger partial charge in [0.25, 0.3) is 0 Å². The molecule has 1 aromatic heterocycles. The number of carbonyl (C=O) groups is 3. The Labute approximate surface area is 182 Å². The zero-order valence-corrected chi connectivity index (χ0v) is 17.7. The molecule has 30 heavy (non-hydrogen) atoms. The van der Waals surface area contributed by atoms with Crippen molar-refractivity contribution in [2.75, 3.05) is 6.54 Å². The Kier molecular flexibility index (Phi) is 7.40. The molecule has 2 heterocycles. The number of pyridine rings is 1. The standard InChI is InChI=1S/C21H22BrN3O5/c22-18-15(8-4-10-23-18)12-16(20(27)28)24-19(26)17-9-5-11-25(17)21(29)30-13-14-6-2-1-3-7-14/h1-4,6-8,10,16-17H,5,9,11-13H2,(H,24,26)(H,27,28)/t16-,17+/m0/s1. The Bertz CT molecular complexity index is 909. The molecular weight excluding hydrogens is 454 g/mol. The molecule has 0 aliphatic carbocycles. The van der Waals surface area contributed by atoms with Crippen LogP contribution in [0.3, 0.4) is 0 Å². The number of halogens is 1. The van der Waals surface area contributed by atoms with Crippen LogP contribution in [0.2, 0.25) is 0 Å². The molecule has 1 aromatic carbocycles. The van der Waals surface area contributed by atoms with Crippen molar-refractivity contribution >= 4 is 33.9 Å². The Morgan fingerprint density at radius 1 is 1.23 bits per heavy atom. The van der Waals surface area contributed by atoms with Crippen LogP contribution in [0.1, 0.15) is 24.0 Å². The number of aromatic nitrogens is 1. The molecule has 1 aliphatic heterocycles. The number of nitrogens with zero attached hydrogens (tertiary/aromatic N) is 2. The Morgan fingerprint density at radius 3 is 2.70 bits per heavy atom. The van der Waals surface area contributed by atoms with Crippen LogP contribution in [0, 0.1) is 0 Å². The summed E-state index contributed by atoms with van der Waals surface area (Å²) in [4.78, 5) is 42.4. The quantitative estimate of drug-likeness (QED) is 0.595. The van der Waals surface area contributed by atoms with Gasteiger partial charge in [0.2, 0.25) is 5.91 Å². The van der Waals surface area contributed by atoms with Gasteiger partial charge in [0.15, 0.2) is 0 Å². The van der Waals surface area contributed by atoms with Gasteiger partial charge in [0.05, 0.1) is 0 Å². The van der Waals surface area contributed by atoms with Gasteiger partial charge in [-0.05, 0) is 46.0 Å². The number of benzene rings is 1. The monoisotopic (exact) mass is 475 g/mol. The highest BCUT2D eigenvalue weighted by molar-refractivity contribution is 9.10. The van der Waals surface area contributed by atoms with E-state index < -0.39 is 30.1 Å². The number of nitrogens with one attached hydrogen (secondary N) is 1. The number of rotatable bonds is 7. The zero-order chi connectivity index (χ0) is 21.5. The molecule has 2 atom stereocenters. The highest BCUT2D eigenvalue weighted by Gasteiger charge is 2.36. The SMILES string of the molecule is O=C(O)[C@H](Cc1cccnc1Br)NC(=O)[C@H]1CCCN1C(=O)OCc1ccccc1. The van der Waals surface area contributed by atoms with Gasteiger partial charge < -0.3 is 15.2 Å². The summed E-state index contributed by atoms with van der Waals surface area (Å²) in [6.45, 7) is 0.495. The first-order valence-corrected chi connectivity index (χ1v) is 10.3. The predicted octanol–water partition coefficient (Wildman–Crippen LogP) is 2.76. The first-order chi connectivity index (χ1) is 14.5. The normalized spacial score (nSPS) is 16.7. The van der Waals surface area contributed by atoms with Crippen molar-refractivity contribution in [2.45, 2.75) is 38.0 Å². The van der Waals surface area contributed by atoms with E-state index in [1.165, 1.54) is 4.90 Å². The Morgan fingerprint density at radius 2 is 2.00 bits per heavy atom. The van der Waals surface area contributed by atoms with E-state index in [2.05, 4.69) is 26.2 Å². The first kappa shape index (κ1) is 21.8. The molecule has 158 valence electrons. The smallest absolute Gasteiger partial charge is 0.410 e. The highest BCUT2D eigenvalue weighted by Crippen LogP contribution is 2.20. The summed E-state index contributed by atoms with van der Waals surface area (Å²) >= 11 is 3.29. The van der Waals surface area contributed by atoms with E-state index in [0.29, 0.717) is 29.6 Å².